The number of rotatable bonds is 4. The fraction of sp³-hybridized carbons (Fsp3) is 0.333. The van der Waals surface area contributed by atoms with E-state index in [0.29, 0.717) is 23.5 Å². The molecular formula is C9H12ClN3O. The Bertz CT molecular complexity index is 328. The van der Waals surface area contributed by atoms with Crippen molar-refractivity contribution >= 4 is 17.5 Å². The van der Waals surface area contributed by atoms with Crippen molar-refractivity contribution in [2.24, 2.45) is 0 Å². The van der Waals surface area contributed by atoms with Gasteiger partial charge in [0, 0.05) is 7.05 Å². The van der Waals surface area contributed by atoms with Crippen molar-refractivity contribution in [2.45, 2.75) is 6.92 Å². The summed E-state index contributed by atoms with van der Waals surface area (Å²) in [5, 5.41) is 3.22. The Morgan fingerprint density at radius 2 is 2.43 bits per heavy atom. The highest BCUT2D eigenvalue weighted by atomic mass is 35.5. The van der Waals surface area contributed by atoms with Gasteiger partial charge in [-0.25, -0.2) is 4.98 Å². The van der Waals surface area contributed by atoms with Gasteiger partial charge in [0.05, 0.1) is 6.20 Å². The summed E-state index contributed by atoms with van der Waals surface area (Å²) in [7, 11) is 1.74. The zero-order valence-electron chi connectivity index (χ0n) is 8.12. The topological polar surface area (TPSA) is 47.0 Å². The predicted octanol–water partition coefficient (Wildman–Crippen LogP) is 2.13. The van der Waals surface area contributed by atoms with Crippen LogP contribution in [0.25, 0.3) is 0 Å². The lowest BCUT2D eigenvalue weighted by atomic mass is 10.5. The first-order valence-corrected chi connectivity index (χ1v) is 4.60. The van der Waals surface area contributed by atoms with Crippen LogP contribution in [0.1, 0.15) is 6.92 Å². The van der Waals surface area contributed by atoms with Gasteiger partial charge in [-0.15, -0.1) is 0 Å². The smallest absolute Gasteiger partial charge is 0.237 e. The Kier molecular flexibility index (Phi) is 4.19. The summed E-state index contributed by atoms with van der Waals surface area (Å²) in [4.78, 5) is 7.99. The summed E-state index contributed by atoms with van der Waals surface area (Å²) in [5.41, 5.74) is 0. The lowest BCUT2D eigenvalue weighted by Gasteiger charge is -2.05. The van der Waals surface area contributed by atoms with E-state index >= 15 is 0 Å². The van der Waals surface area contributed by atoms with E-state index in [4.69, 9.17) is 16.3 Å². The first kappa shape index (κ1) is 10.8. The van der Waals surface area contributed by atoms with E-state index in [1.807, 2.05) is 19.1 Å². The van der Waals surface area contributed by atoms with Gasteiger partial charge >= 0.3 is 0 Å². The molecule has 0 aliphatic heterocycles. The second kappa shape index (κ2) is 5.44. The van der Waals surface area contributed by atoms with Crippen molar-refractivity contribution in [3.63, 3.8) is 0 Å². The van der Waals surface area contributed by atoms with Crippen LogP contribution in [0.4, 0.5) is 5.95 Å². The largest absolute Gasteiger partial charge is 0.472 e. The average molecular weight is 214 g/mol. The summed E-state index contributed by atoms with van der Waals surface area (Å²) in [5.74, 6) is 0.883. The molecule has 0 fully saturated rings. The minimum atomic E-state index is 0.393. The third-order valence-electron chi connectivity index (χ3n) is 1.49. The molecule has 5 heteroatoms. The van der Waals surface area contributed by atoms with Gasteiger partial charge < -0.3 is 10.1 Å². The van der Waals surface area contributed by atoms with Gasteiger partial charge in [-0.2, -0.15) is 4.98 Å². The molecule has 76 valence electrons. The monoisotopic (exact) mass is 213 g/mol. The predicted molar refractivity (Wildman–Crippen MR) is 56.9 cm³/mol. The van der Waals surface area contributed by atoms with Gasteiger partial charge in [0.2, 0.25) is 11.8 Å². The van der Waals surface area contributed by atoms with Crippen LogP contribution in [0, 0.1) is 0 Å². The highest BCUT2D eigenvalue weighted by molar-refractivity contribution is 6.31. The molecule has 0 amide bonds. The Morgan fingerprint density at radius 1 is 1.64 bits per heavy atom. The number of anilines is 1. The molecule has 0 aromatic carbocycles. The minimum Gasteiger partial charge on any atom is -0.472 e. The van der Waals surface area contributed by atoms with Crippen molar-refractivity contribution in [3.8, 4) is 5.88 Å². The molecule has 0 aliphatic rings. The first-order valence-electron chi connectivity index (χ1n) is 4.22. The average Bonchev–Trinajstić information content (AvgIpc) is 2.21. The molecular weight excluding hydrogens is 202 g/mol. The fourth-order valence-electron chi connectivity index (χ4n) is 0.796. The van der Waals surface area contributed by atoms with Gasteiger partial charge in [-0.05, 0) is 6.92 Å². The maximum absolute atomic E-state index is 5.83. The molecule has 0 atom stereocenters. The van der Waals surface area contributed by atoms with Crippen LogP contribution in [0.15, 0.2) is 18.3 Å². The molecule has 1 heterocycles. The highest BCUT2D eigenvalue weighted by Gasteiger charge is 2.04. The van der Waals surface area contributed by atoms with Crippen molar-refractivity contribution in [3.05, 3.63) is 23.4 Å². The van der Waals surface area contributed by atoms with Gasteiger partial charge in [0.1, 0.15) is 11.6 Å². The van der Waals surface area contributed by atoms with Crippen LogP contribution >= 0.6 is 11.6 Å². The van der Waals surface area contributed by atoms with Gasteiger partial charge in [-0.1, -0.05) is 23.8 Å². The van der Waals surface area contributed by atoms with Crippen LogP contribution in [0.2, 0.25) is 5.02 Å². The molecule has 0 bridgehead atoms. The molecule has 4 nitrogen and oxygen atoms in total. The molecule has 0 saturated heterocycles. The van der Waals surface area contributed by atoms with Crippen LogP contribution in [0.3, 0.4) is 0 Å². The maximum Gasteiger partial charge on any atom is 0.237 e. The lowest BCUT2D eigenvalue weighted by Crippen LogP contribution is -2.01. The van der Waals surface area contributed by atoms with Gasteiger partial charge in [0.25, 0.3) is 0 Å². The third kappa shape index (κ3) is 2.88. The van der Waals surface area contributed by atoms with Gasteiger partial charge in [0.15, 0.2) is 0 Å². The summed E-state index contributed by atoms with van der Waals surface area (Å²) in [6.45, 7) is 2.38. The summed E-state index contributed by atoms with van der Waals surface area (Å²) in [6.07, 6.45) is 5.27. The number of hydrogen-bond donors (Lipinski definition) is 1. The molecule has 0 spiro atoms. The summed E-state index contributed by atoms with van der Waals surface area (Å²) < 4.78 is 5.31. The number of halogens is 1. The second-order valence-corrected chi connectivity index (χ2v) is 2.88. The summed E-state index contributed by atoms with van der Waals surface area (Å²) in [6, 6.07) is 0. The van der Waals surface area contributed by atoms with Crippen molar-refractivity contribution in [1.29, 1.82) is 0 Å². The molecule has 0 unspecified atom stereocenters. The molecule has 1 N–H and O–H groups in total. The second-order valence-electron chi connectivity index (χ2n) is 2.48. The standard InChI is InChI=1S/C9H12ClN3O/c1-3-4-5-14-8-7(10)6-12-9(11-2)13-8/h3-4,6H,5H2,1-2H3,(H,11,12,13)/b4-3+. The normalized spacial score (nSPS) is 10.5. The van der Waals surface area contributed by atoms with Crippen molar-refractivity contribution in [1.82, 2.24) is 9.97 Å². The van der Waals surface area contributed by atoms with Crippen molar-refractivity contribution in [2.75, 3.05) is 19.0 Å². The van der Waals surface area contributed by atoms with Crippen LogP contribution in [0.5, 0.6) is 5.88 Å². The third-order valence-corrected chi connectivity index (χ3v) is 1.75. The zero-order valence-corrected chi connectivity index (χ0v) is 8.88. The van der Waals surface area contributed by atoms with Crippen LogP contribution in [-0.2, 0) is 0 Å². The number of hydrogen-bond acceptors (Lipinski definition) is 4. The fourth-order valence-corrected chi connectivity index (χ4v) is 0.942. The van der Waals surface area contributed by atoms with E-state index in [-0.39, 0.29) is 0 Å². The maximum atomic E-state index is 5.83. The number of nitrogens with one attached hydrogen (secondary N) is 1. The molecule has 1 aromatic heterocycles. The van der Waals surface area contributed by atoms with E-state index < -0.39 is 0 Å². The Labute approximate surface area is 88.0 Å². The molecule has 0 saturated carbocycles. The quantitative estimate of drug-likeness (QED) is 0.779. The van der Waals surface area contributed by atoms with E-state index in [1.54, 1.807) is 7.05 Å². The number of aromatic nitrogens is 2. The van der Waals surface area contributed by atoms with E-state index in [9.17, 15) is 0 Å². The summed E-state index contributed by atoms with van der Waals surface area (Å²) >= 11 is 5.83. The Balaban J connectivity index is 2.73. The number of nitrogens with zero attached hydrogens (tertiary/aromatic N) is 2. The Morgan fingerprint density at radius 3 is 3.07 bits per heavy atom. The molecule has 0 radical (unpaired) electrons. The van der Waals surface area contributed by atoms with E-state index in [1.165, 1.54) is 6.20 Å². The van der Waals surface area contributed by atoms with E-state index in [0.717, 1.165) is 0 Å². The molecule has 1 aromatic rings. The first-order chi connectivity index (χ1) is 6.77. The van der Waals surface area contributed by atoms with Gasteiger partial charge in [-0.3, -0.25) is 0 Å². The Hall–Kier alpha value is -1.29. The molecule has 1 rings (SSSR count). The number of allylic oxidation sites excluding steroid dienone is 1. The zero-order chi connectivity index (χ0) is 10.4. The van der Waals surface area contributed by atoms with Crippen molar-refractivity contribution < 1.29 is 4.74 Å². The minimum absolute atomic E-state index is 0.393. The highest BCUT2D eigenvalue weighted by Crippen LogP contribution is 2.21. The van der Waals surface area contributed by atoms with Crippen LogP contribution in [-0.4, -0.2) is 23.6 Å². The molecule has 0 aliphatic carbocycles. The molecule has 14 heavy (non-hydrogen) atoms. The SMILES string of the molecule is C/C=C/COc1nc(NC)ncc1Cl. The number of ether oxygens (including phenoxy) is 1. The van der Waals surface area contributed by atoms with Crippen LogP contribution < -0.4 is 10.1 Å². The lowest BCUT2D eigenvalue weighted by molar-refractivity contribution is 0.348. The van der Waals surface area contributed by atoms with E-state index in [2.05, 4.69) is 15.3 Å².